The van der Waals surface area contributed by atoms with Crippen molar-refractivity contribution in [2.24, 2.45) is 0 Å². The summed E-state index contributed by atoms with van der Waals surface area (Å²) in [5.74, 6) is -1.41. The summed E-state index contributed by atoms with van der Waals surface area (Å²) in [4.78, 5) is 16.9. The zero-order valence-electron chi connectivity index (χ0n) is 12.7. The summed E-state index contributed by atoms with van der Waals surface area (Å²) in [6.07, 6.45) is 4.73. The Kier molecular flexibility index (Phi) is 3.62. The number of benzene rings is 2. The predicted octanol–water partition coefficient (Wildman–Crippen LogP) is 4.08. The van der Waals surface area contributed by atoms with E-state index in [1.165, 1.54) is 21.2 Å². The van der Waals surface area contributed by atoms with Gasteiger partial charge in [0.15, 0.2) is 0 Å². The van der Waals surface area contributed by atoms with Crippen LogP contribution in [0.4, 0.5) is 8.78 Å². The van der Waals surface area contributed by atoms with Gasteiger partial charge in [-0.2, -0.15) is 0 Å². The molecule has 0 spiro atoms. The molecule has 4 aromatic rings. The van der Waals surface area contributed by atoms with E-state index in [0.29, 0.717) is 10.7 Å². The van der Waals surface area contributed by atoms with E-state index < -0.39 is 11.6 Å². The Morgan fingerprint density at radius 2 is 1.88 bits per heavy atom. The lowest BCUT2D eigenvalue weighted by atomic mass is 10.1. The second-order valence-corrected chi connectivity index (χ2v) is 5.87. The fourth-order valence-electron chi connectivity index (χ4n) is 2.64. The van der Waals surface area contributed by atoms with Crippen molar-refractivity contribution in [1.82, 2.24) is 14.0 Å². The van der Waals surface area contributed by atoms with E-state index in [0.717, 1.165) is 12.1 Å². The normalized spacial score (nSPS) is 11.2. The first-order valence-corrected chi connectivity index (χ1v) is 7.72. The van der Waals surface area contributed by atoms with Crippen LogP contribution >= 0.6 is 11.6 Å². The average Bonchev–Trinajstić information content (AvgIpc) is 3.00. The molecule has 2 heterocycles. The van der Waals surface area contributed by atoms with Gasteiger partial charge in [-0.3, -0.25) is 9.36 Å². The summed E-state index contributed by atoms with van der Waals surface area (Å²) in [6.45, 7) is 0. The third-order valence-corrected chi connectivity index (χ3v) is 4.05. The van der Waals surface area contributed by atoms with Crippen molar-refractivity contribution in [3.8, 4) is 16.9 Å². The van der Waals surface area contributed by atoms with Crippen molar-refractivity contribution < 1.29 is 8.78 Å². The van der Waals surface area contributed by atoms with Gasteiger partial charge >= 0.3 is 0 Å². The van der Waals surface area contributed by atoms with Crippen molar-refractivity contribution in [3.63, 3.8) is 0 Å². The molecule has 0 aliphatic rings. The van der Waals surface area contributed by atoms with Crippen LogP contribution in [0.5, 0.6) is 0 Å². The third-order valence-electron chi connectivity index (χ3n) is 3.81. The van der Waals surface area contributed by atoms with Crippen LogP contribution in [0.2, 0.25) is 5.02 Å². The second kappa shape index (κ2) is 5.82. The molecule has 0 bridgehead atoms. The van der Waals surface area contributed by atoms with Crippen molar-refractivity contribution in [3.05, 3.63) is 88.1 Å². The lowest BCUT2D eigenvalue weighted by molar-refractivity contribution is 0.585. The number of imidazole rings is 1. The van der Waals surface area contributed by atoms with Gasteiger partial charge in [-0.1, -0.05) is 17.7 Å². The minimum atomic E-state index is -0.737. The maximum Gasteiger partial charge on any atom is 0.298 e. The van der Waals surface area contributed by atoms with Crippen LogP contribution in [0.3, 0.4) is 0 Å². The van der Waals surface area contributed by atoms with Gasteiger partial charge in [0.25, 0.3) is 5.56 Å². The van der Waals surface area contributed by atoms with E-state index in [1.807, 2.05) is 0 Å². The van der Waals surface area contributed by atoms with E-state index in [2.05, 4.69) is 4.98 Å². The van der Waals surface area contributed by atoms with Crippen LogP contribution in [0.25, 0.3) is 22.6 Å². The maximum absolute atomic E-state index is 14.0. The molecule has 0 unspecified atom stereocenters. The Hall–Kier alpha value is -2.99. The van der Waals surface area contributed by atoms with Gasteiger partial charge in [-0.15, -0.1) is 0 Å². The van der Waals surface area contributed by atoms with E-state index in [-0.39, 0.29) is 22.5 Å². The minimum Gasteiger partial charge on any atom is -0.300 e. The van der Waals surface area contributed by atoms with Crippen molar-refractivity contribution in [2.75, 3.05) is 0 Å². The maximum atomic E-state index is 14.0. The van der Waals surface area contributed by atoms with Gasteiger partial charge in [0.05, 0.1) is 11.4 Å². The molecule has 4 nitrogen and oxygen atoms in total. The first-order valence-electron chi connectivity index (χ1n) is 7.35. The third kappa shape index (κ3) is 2.70. The number of rotatable bonds is 2. The number of hydrogen-bond donors (Lipinski definition) is 0. The SMILES string of the molecule is O=c1c2nc(-c3ccc(F)cc3F)cn2ccn1-c1cccc(Cl)c1. The number of fused-ring (bicyclic) bond motifs is 1. The fourth-order valence-corrected chi connectivity index (χ4v) is 2.82. The highest BCUT2D eigenvalue weighted by atomic mass is 35.5. The molecule has 0 saturated heterocycles. The van der Waals surface area contributed by atoms with Crippen LogP contribution in [0.1, 0.15) is 0 Å². The molecule has 0 atom stereocenters. The number of aromatic nitrogens is 3. The molecule has 4 rings (SSSR count). The van der Waals surface area contributed by atoms with E-state index in [1.54, 1.807) is 36.7 Å². The molecule has 25 heavy (non-hydrogen) atoms. The lowest BCUT2D eigenvalue weighted by Gasteiger charge is -2.05. The van der Waals surface area contributed by atoms with Gasteiger partial charge < -0.3 is 4.40 Å². The highest BCUT2D eigenvalue weighted by Gasteiger charge is 2.13. The van der Waals surface area contributed by atoms with Crippen LogP contribution < -0.4 is 5.56 Å². The minimum absolute atomic E-state index is 0.124. The summed E-state index contributed by atoms with van der Waals surface area (Å²) < 4.78 is 29.9. The van der Waals surface area contributed by atoms with Crippen molar-refractivity contribution in [1.29, 1.82) is 0 Å². The molecule has 0 aliphatic heterocycles. The van der Waals surface area contributed by atoms with E-state index in [4.69, 9.17) is 11.6 Å². The second-order valence-electron chi connectivity index (χ2n) is 5.43. The molecule has 0 saturated carbocycles. The molecular formula is C18H10ClF2N3O. The average molecular weight is 358 g/mol. The molecule has 0 N–H and O–H groups in total. The molecule has 124 valence electrons. The molecule has 0 radical (unpaired) electrons. The quantitative estimate of drug-likeness (QED) is 0.542. The summed E-state index contributed by atoms with van der Waals surface area (Å²) in [5, 5.41) is 0.502. The molecular weight excluding hydrogens is 348 g/mol. The first-order chi connectivity index (χ1) is 12.0. The Morgan fingerprint density at radius 1 is 1.04 bits per heavy atom. The monoisotopic (exact) mass is 357 g/mol. The summed E-state index contributed by atoms with van der Waals surface area (Å²) in [7, 11) is 0. The Morgan fingerprint density at radius 3 is 2.64 bits per heavy atom. The molecule has 0 amide bonds. The molecule has 7 heteroatoms. The molecule has 0 aliphatic carbocycles. The van der Waals surface area contributed by atoms with Gasteiger partial charge in [0.1, 0.15) is 11.6 Å². The fraction of sp³-hybridized carbons (Fsp3) is 0. The van der Waals surface area contributed by atoms with Crippen LogP contribution in [-0.4, -0.2) is 14.0 Å². The summed E-state index contributed by atoms with van der Waals surface area (Å²) in [5.41, 5.74) is 0.717. The van der Waals surface area contributed by atoms with Crippen molar-refractivity contribution in [2.45, 2.75) is 0 Å². The molecule has 0 fully saturated rings. The summed E-state index contributed by atoms with van der Waals surface area (Å²) >= 11 is 5.97. The number of halogens is 3. The summed E-state index contributed by atoms with van der Waals surface area (Å²) in [6, 6.07) is 10.1. The first kappa shape index (κ1) is 15.5. The Bertz CT molecular complexity index is 1170. The van der Waals surface area contributed by atoms with E-state index in [9.17, 15) is 13.6 Å². The van der Waals surface area contributed by atoms with Gasteiger partial charge in [0, 0.05) is 35.2 Å². The Balaban J connectivity index is 1.90. The Labute approximate surface area is 145 Å². The topological polar surface area (TPSA) is 39.3 Å². The smallest absolute Gasteiger partial charge is 0.298 e. The van der Waals surface area contributed by atoms with Gasteiger partial charge in [0.2, 0.25) is 5.65 Å². The molecule has 2 aromatic heterocycles. The number of nitrogens with zero attached hydrogens (tertiary/aromatic N) is 3. The van der Waals surface area contributed by atoms with Crippen molar-refractivity contribution >= 4 is 17.2 Å². The van der Waals surface area contributed by atoms with Gasteiger partial charge in [-0.05, 0) is 30.3 Å². The van der Waals surface area contributed by atoms with Crippen LogP contribution in [0, 0.1) is 11.6 Å². The van der Waals surface area contributed by atoms with Gasteiger partial charge in [-0.25, -0.2) is 13.8 Å². The largest absolute Gasteiger partial charge is 0.300 e. The van der Waals surface area contributed by atoms with Crippen LogP contribution in [-0.2, 0) is 0 Å². The molecule has 2 aromatic carbocycles. The zero-order chi connectivity index (χ0) is 17.6. The number of hydrogen-bond acceptors (Lipinski definition) is 2. The van der Waals surface area contributed by atoms with Crippen LogP contribution in [0.15, 0.2) is 65.8 Å². The van der Waals surface area contributed by atoms with E-state index >= 15 is 0 Å². The standard InChI is InChI=1S/C18H10ClF2N3O/c19-11-2-1-3-13(8-11)24-7-6-23-10-16(22-17(23)18(24)25)14-5-4-12(20)9-15(14)21/h1-10H. The lowest BCUT2D eigenvalue weighted by Crippen LogP contribution is -2.19. The highest BCUT2D eigenvalue weighted by Crippen LogP contribution is 2.22. The highest BCUT2D eigenvalue weighted by molar-refractivity contribution is 6.30. The zero-order valence-corrected chi connectivity index (χ0v) is 13.4. The predicted molar refractivity (Wildman–Crippen MR) is 91.2 cm³/mol.